The Hall–Kier alpha value is -5.11. The lowest BCUT2D eigenvalue weighted by atomic mass is 9.98. The molecule has 14 heteroatoms. The van der Waals surface area contributed by atoms with Gasteiger partial charge in [0.2, 0.25) is 5.91 Å². The van der Waals surface area contributed by atoms with E-state index in [1.807, 2.05) is 39.0 Å². The summed E-state index contributed by atoms with van der Waals surface area (Å²) in [6, 6.07) is 15.9. The first-order valence-corrected chi connectivity index (χ1v) is 16.1. The number of ether oxygens (including phenoxy) is 1. The van der Waals surface area contributed by atoms with Gasteiger partial charge in [0, 0.05) is 17.8 Å². The van der Waals surface area contributed by atoms with Crippen LogP contribution in [0.5, 0.6) is 5.75 Å². The largest absolute Gasteiger partial charge is 0.573 e. The number of amides is 4. The molecular weight excluding hydrogens is 645 g/mol. The summed E-state index contributed by atoms with van der Waals surface area (Å²) in [6.45, 7) is 8.06. The maximum absolute atomic E-state index is 13.3. The van der Waals surface area contributed by atoms with Crippen molar-refractivity contribution < 1.29 is 32.3 Å². The van der Waals surface area contributed by atoms with Crippen LogP contribution in [0.25, 0.3) is 5.69 Å². The lowest BCUT2D eigenvalue weighted by molar-refractivity contribution is -0.274. The SMILES string of the molecule is Cc1ccc(C(C)C)c(N2C(=O)CS/C2=N\C(=O)Nc2ccc(-n3cc(N4CCc5cc(OC(F)(F)F)ccc5C4=O)c(C)n3)cc2)c1. The van der Waals surface area contributed by atoms with Crippen molar-refractivity contribution in [1.82, 2.24) is 9.78 Å². The van der Waals surface area contributed by atoms with Crippen LogP contribution < -0.4 is 19.9 Å². The molecule has 0 spiro atoms. The normalized spacial score (nSPS) is 15.8. The second-order valence-corrected chi connectivity index (χ2v) is 12.7. The number of carbonyl (C=O) groups excluding carboxylic acids is 3. The molecule has 48 heavy (non-hydrogen) atoms. The topological polar surface area (TPSA) is 109 Å². The number of nitrogens with zero attached hydrogens (tertiary/aromatic N) is 5. The van der Waals surface area contributed by atoms with Crippen LogP contribution in [0.4, 0.5) is 35.0 Å². The maximum atomic E-state index is 13.3. The Morgan fingerprint density at radius 2 is 1.77 bits per heavy atom. The lowest BCUT2D eigenvalue weighted by Crippen LogP contribution is -2.37. The van der Waals surface area contributed by atoms with Crippen LogP contribution >= 0.6 is 11.8 Å². The Morgan fingerprint density at radius 1 is 1.02 bits per heavy atom. The Bertz CT molecular complexity index is 1960. The quantitative estimate of drug-likeness (QED) is 0.228. The molecule has 3 heterocycles. The number of hydrogen-bond acceptors (Lipinski definition) is 6. The number of benzene rings is 3. The highest BCUT2D eigenvalue weighted by Gasteiger charge is 2.34. The van der Waals surface area contributed by atoms with E-state index in [1.54, 1.807) is 47.0 Å². The van der Waals surface area contributed by atoms with E-state index in [9.17, 15) is 27.6 Å². The summed E-state index contributed by atoms with van der Waals surface area (Å²) in [5.74, 6) is -0.503. The van der Waals surface area contributed by atoms with Crippen LogP contribution in [0.2, 0.25) is 0 Å². The van der Waals surface area contributed by atoms with Crippen molar-refractivity contribution in [1.29, 1.82) is 0 Å². The number of aliphatic imine (C=N–C) groups is 1. The Morgan fingerprint density at radius 3 is 2.48 bits per heavy atom. The number of thioether (sulfide) groups is 1. The third-order valence-electron chi connectivity index (χ3n) is 7.95. The number of carbonyl (C=O) groups is 3. The first-order valence-electron chi connectivity index (χ1n) is 15.1. The molecule has 3 aromatic carbocycles. The van der Waals surface area contributed by atoms with Crippen LogP contribution in [-0.4, -0.2) is 51.5 Å². The highest BCUT2D eigenvalue weighted by molar-refractivity contribution is 8.15. The van der Waals surface area contributed by atoms with Gasteiger partial charge in [-0.1, -0.05) is 37.7 Å². The highest BCUT2D eigenvalue weighted by atomic mass is 32.2. The van der Waals surface area contributed by atoms with Gasteiger partial charge in [0.1, 0.15) is 5.75 Å². The zero-order valence-electron chi connectivity index (χ0n) is 26.5. The first kappa shape index (κ1) is 32.8. The van der Waals surface area contributed by atoms with E-state index in [0.717, 1.165) is 22.9 Å². The van der Waals surface area contributed by atoms with Crippen LogP contribution in [0.15, 0.2) is 71.9 Å². The Kier molecular flexibility index (Phi) is 8.77. The van der Waals surface area contributed by atoms with Crippen LogP contribution in [0.3, 0.4) is 0 Å². The number of rotatable bonds is 6. The zero-order chi connectivity index (χ0) is 34.3. The first-order chi connectivity index (χ1) is 22.8. The minimum Gasteiger partial charge on any atom is -0.406 e. The molecule has 0 bridgehead atoms. The van der Waals surface area contributed by atoms with Gasteiger partial charge in [-0.2, -0.15) is 10.1 Å². The minimum absolute atomic E-state index is 0.141. The molecule has 0 saturated carbocycles. The molecule has 2 aliphatic rings. The summed E-state index contributed by atoms with van der Waals surface area (Å²) < 4.78 is 43.6. The molecule has 6 rings (SSSR count). The fraction of sp³-hybridized carbons (Fsp3) is 0.265. The van der Waals surface area contributed by atoms with Gasteiger partial charge in [-0.05, 0) is 91.4 Å². The number of halogens is 3. The van der Waals surface area contributed by atoms with E-state index in [2.05, 4.69) is 20.1 Å². The summed E-state index contributed by atoms with van der Waals surface area (Å²) in [4.78, 5) is 46.4. The van der Waals surface area contributed by atoms with E-state index in [0.29, 0.717) is 45.5 Å². The predicted octanol–water partition coefficient (Wildman–Crippen LogP) is 7.38. The number of urea groups is 1. The number of nitrogens with one attached hydrogen (secondary N) is 1. The molecule has 1 saturated heterocycles. The summed E-state index contributed by atoms with van der Waals surface area (Å²) in [5.41, 5.74) is 5.78. The second-order valence-electron chi connectivity index (χ2n) is 11.7. The molecule has 1 N–H and O–H groups in total. The standard InChI is InChI=1S/C34H31F3N6O4S/c1-19(2)26-11-5-20(3)15-28(26)43-30(44)18-48-33(43)39-32(46)38-23-6-8-24(9-7-23)42-17-29(21(4)40-42)41-14-13-22-16-25(47-34(35,36)37)10-12-27(22)31(41)45/h5-12,15-17,19H,13-14,18H2,1-4H3,(H,38,46)/b39-33-. The van der Waals surface area contributed by atoms with E-state index >= 15 is 0 Å². The minimum atomic E-state index is -4.82. The molecule has 10 nitrogen and oxygen atoms in total. The molecule has 2 aliphatic heterocycles. The Labute approximate surface area is 278 Å². The molecule has 1 aromatic heterocycles. The average molecular weight is 677 g/mol. The van der Waals surface area contributed by atoms with Crippen molar-refractivity contribution in [2.75, 3.05) is 27.4 Å². The number of alkyl halides is 3. The smallest absolute Gasteiger partial charge is 0.406 e. The number of amidine groups is 1. The van der Waals surface area contributed by atoms with E-state index in [1.165, 1.54) is 28.8 Å². The third-order valence-corrected chi connectivity index (χ3v) is 8.87. The van der Waals surface area contributed by atoms with Gasteiger partial charge in [0.25, 0.3) is 5.91 Å². The van der Waals surface area contributed by atoms with Crippen molar-refractivity contribution in [3.8, 4) is 11.4 Å². The monoisotopic (exact) mass is 676 g/mol. The van der Waals surface area contributed by atoms with Crippen molar-refractivity contribution in [3.63, 3.8) is 0 Å². The number of anilines is 3. The maximum Gasteiger partial charge on any atom is 0.573 e. The molecule has 0 unspecified atom stereocenters. The van der Waals surface area contributed by atoms with Crippen molar-refractivity contribution in [3.05, 3.63) is 94.8 Å². The van der Waals surface area contributed by atoms with E-state index in [4.69, 9.17) is 0 Å². The molecule has 4 amide bonds. The summed E-state index contributed by atoms with van der Waals surface area (Å²) >= 11 is 1.21. The molecule has 0 aliphatic carbocycles. The molecule has 0 atom stereocenters. The predicted molar refractivity (Wildman–Crippen MR) is 178 cm³/mol. The zero-order valence-corrected chi connectivity index (χ0v) is 27.3. The van der Waals surface area contributed by atoms with Crippen LogP contribution in [0.1, 0.15) is 52.5 Å². The van der Waals surface area contributed by atoms with Gasteiger partial charge in [-0.3, -0.25) is 14.5 Å². The van der Waals surface area contributed by atoms with E-state index < -0.39 is 12.4 Å². The number of fused-ring (bicyclic) bond motifs is 1. The summed E-state index contributed by atoms with van der Waals surface area (Å²) in [7, 11) is 0. The highest BCUT2D eigenvalue weighted by Crippen LogP contribution is 2.35. The van der Waals surface area contributed by atoms with Crippen molar-refractivity contribution in [2.24, 2.45) is 4.99 Å². The van der Waals surface area contributed by atoms with E-state index in [-0.39, 0.29) is 35.8 Å². The third kappa shape index (κ3) is 6.79. The average Bonchev–Trinajstić information content (AvgIpc) is 3.58. The van der Waals surface area contributed by atoms with Crippen molar-refractivity contribution >= 4 is 51.8 Å². The Balaban J connectivity index is 1.15. The lowest BCUT2D eigenvalue weighted by Gasteiger charge is -2.28. The summed E-state index contributed by atoms with van der Waals surface area (Å²) in [6.07, 6.45) is -2.77. The van der Waals surface area contributed by atoms with Crippen LogP contribution in [-0.2, 0) is 11.2 Å². The van der Waals surface area contributed by atoms with Gasteiger partial charge >= 0.3 is 12.4 Å². The fourth-order valence-electron chi connectivity index (χ4n) is 5.69. The molecular formula is C34H31F3N6O4S. The number of hydrogen-bond donors (Lipinski definition) is 1. The number of aryl methyl sites for hydroxylation is 2. The summed E-state index contributed by atoms with van der Waals surface area (Å²) in [5, 5.41) is 7.62. The van der Waals surface area contributed by atoms with Crippen LogP contribution in [0, 0.1) is 13.8 Å². The molecule has 1 fully saturated rings. The molecule has 0 radical (unpaired) electrons. The number of aromatic nitrogens is 2. The van der Waals surface area contributed by atoms with Gasteiger partial charge in [0.05, 0.1) is 34.7 Å². The van der Waals surface area contributed by atoms with Gasteiger partial charge in [-0.15, -0.1) is 13.2 Å². The fourth-order valence-corrected chi connectivity index (χ4v) is 6.55. The van der Waals surface area contributed by atoms with Gasteiger partial charge in [0.15, 0.2) is 5.17 Å². The van der Waals surface area contributed by atoms with Gasteiger partial charge < -0.3 is 15.0 Å². The molecule has 248 valence electrons. The second kappa shape index (κ2) is 12.8. The van der Waals surface area contributed by atoms with Crippen molar-refractivity contribution in [2.45, 2.75) is 46.4 Å². The van der Waals surface area contributed by atoms with Gasteiger partial charge in [-0.25, -0.2) is 9.48 Å². The molecule has 4 aromatic rings.